The number of anilines is 2. The number of hydrogen-bond donors (Lipinski definition) is 3. The molecule has 2 aliphatic heterocycles. The quantitative estimate of drug-likeness (QED) is 0.115. The number of β-amino-alcohol motifs (C(OH)–C–C–N with tert-alkyl or cyclic N) is 1. The molecule has 6 aromatic rings. The summed E-state index contributed by atoms with van der Waals surface area (Å²) >= 11 is 0. The van der Waals surface area contributed by atoms with Gasteiger partial charge in [0.15, 0.2) is 11.4 Å². The van der Waals surface area contributed by atoms with E-state index in [1.165, 1.54) is 6.07 Å². The third kappa shape index (κ3) is 7.34. The van der Waals surface area contributed by atoms with Crippen LogP contribution in [0.2, 0.25) is 0 Å². The van der Waals surface area contributed by atoms with E-state index < -0.39 is 18.6 Å². The maximum absolute atomic E-state index is 13.4. The summed E-state index contributed by atoms with van der Waals surface area (Å²) in [4.78, 5) is 28.9. The highest BCUT2D eigenvalue weighted by molar-refractivity contribution is 5.91. The second-order valence-electron chi connectivity index (χ2n) is 13.9. The predicted molar refractivity (Wildman–Crippen MR) is 201 cm³/mol. The molecule has 0 aliphatic carbocycles. The molecule has 278 valence electrons. The van der Waals surface area contributed by atoms with Crippen LogP contribution in [0.15, 0.2) is 77.5 Å². The second-order valence-corrected chi connectivity index (χ2v) is 13.9. The van der Waals surface area contributed by atoms with Crippen LogP contribution in [0.25, 0.3) is 44.6 Å². The number of rotatable bonds is 11. The summed E-state index contributed by atoms with van der Waals surface area (Å²) in [7, 11) is 0. The van der Waals surface area contributed by atoms with Crippen molar-refractivity contribution in [3.05, 3.63) is 95.3 Å². The average Bonchev–Trinajstić information content (AvgIpc) is 3.93. The highest BCUT2D eigenvalue weighted by atomic mass is 19.3. The number of esters is 1. The van der Waals surface area contributed by atoms with Gasteiger partial charge >= 0.3 is 12.6 Å². The topological polar surface area (TPSA) is 135 Å². The molecule has 13 heteroatoms. The monoisotopic (exact) mass is 734 g/mol. The summed E-state index contributed by atoms with van der Waals surface area (Å²) in [6.07, 6.45) is 5.70. The van der Waals surface area contributed by atoms with Gasteiger partial charge in [0.05, 0.1) is 6.10 Å². The maximum atomic E-state index is 13.4. The molecule has 0 saturated carbocycles. The van der Waals surface area contributed by atoms with Crippen molar-refractivity contribution in [1.82, 2.24) is 25.2 Å². The van der Waals surface area contributed by atoms with E-state index in [4.69, 9.17) is 23.9 Å². The molecule has 0 spiro atoms. The van der Waals surface area contributed by atoms with E-state index in [0.717, 1.165) is 82.4 Å². The number of likely N-dealkylation sites (tertiary alicyclic amines) is 1. The number of hydrogen-bond acceptors (Lipinski definition) is 11. The SMILES string of the molecule is Cc1c(Nc2nccc3cc(CN4CCC(O)C4)cnc23)cccc1-c1cccc(-c2nc3cc(COC(=O)[C@H]4CCCN4)c(OC(F)F)cc3o2)c1C. The molecule has 1 unspecified atom stereocenters. The number of aliphatic hydroxyl groups excluding tert-OH is 1. The number of halogens is 2. The van der Waals surface area contributed by atoms with Crippen molar-refractivity contribution in [3.63, 3.8) is 0 Å². The molecule has 3 N–H and O–H groups in total. The molecule has 3 aromatic carbocycles. The molecule has 8 rings (SSSR count). The normalized spacial score (nSPS) is 17.5. The summed E-state index contributed by atoms with van der Waals surface area (Å²) in [5.74, 6) is 0.382. The second kappa shape index (κ2) is 15.1. The van der Waals surface area contributed by atoms with Crippen LogP contribution in [-0.4, -0.2) is 69.3 Å². The van der Waals surface area contributed by atoms with Gasteiger partial charge in [-0.05, 0) is 97.8 Å². The van der Waals surface area contributed by atoms with E-state index in [9.17, 15) is 18.7 Å². The Morgan fingerprint density at radius 1 is 1.06 bits per heavy atom. The summed E-state index contributed by atoms with van der Waals surface area (Å²) in [6, 6.07) is 18.5. The van der Waals surface area contributed by atoms with Gasteiger partial charge in [0.25, 0.3) is 0 Å². The van der Waals surface area contributed by atoms with E-state index in [1.807, 2.05) is 56.4 Å². The zero-order valence-electron chi connectivity index (χ0n) is 29.9. The highest BCUT2D eigenvalue weighted by Crippen LogP contribution is 2.38. The van der Waals surface area contributed by atoms with Gasteiger partial charge in [-0.25, -0.2) is 9.97 Å². The predicted octanol–water partition coefficient (Wildman–Crippen LogP) is 7.43. The summed E-state index contributed by atoms with van der Waals surface area (Å²) in [5.41, 5.74) is 8.26. The zero-order chi connectivity index (χ0) is 37.3. The fourth-order valence-electron chi connectivity index (χ4n) is 7.41. The van der Waals surface area contributed by atoms with Crippen molar-refractivity contribution in [2.24, 2.45) is 0 Å². The van der Waals surface area contributed by atoms with Gasteiger partial charge in [-0.3, -0.25) is 14.7 Å². The number of oxazole rings is 1. The van der Waals surface area contributed by atoms with Crippen LogP contribution in [-0.2, 0) is 22.7 Å². The number of alkyl halides is 2. The van der Waals surface area contributed by atoms with Crippen LogP contribution in [0.3, 0.4) is 0 Å². The lowest BCUT2D eigenvalue weighted by Crippen LogP contribution is -2.32. The van der Waals surface area contributed by atoms with Gasteiger partial charge in [-0.1, -0.05) is 24.3 Å². The number of aromatic nitrogens is 3. The van der Waals surface area contributed by atoms with Crippen molar-refractivity contribution < 1.29 is 32.6 Å². The fraction of sp³-hybridized carbons (Fsp3) is 0.317. The maximum Gasteiger partial charge on any atom is 0.387 e. The van der Waals surface area contributed by atoms with Crippen LogP contribution in [0.5, 0.6) is 5.75 Å². The van der Waals surface area contributed by atoms with Crippen LogP contribution in [0.4, 0.5) is 20.3 Å². The van der Waals surface area contributed by atoms with Gasteiger partial charge in [0.2, 0.25) is 5.89 Å². The third-order valence-corrected chi connectivity index (χ3v) is 10.3. The molecular formula is C41H40F2N6O5. The van der Waals surface area contributed by atoms with Gasteiger partial charge in [-0.2, -0.15) is 8.78 Å². The first kappa shape index (κ1) is 35.5. The molecule has 11 nitrogen and oxygen atoms in total. The average molecular weight is 735 g/mol. The Labute approximate surface area is 310 Å². The van der Waals surface area contributed by atoms with Gasteiger partial charge in [0, 0.05) is 60.3 Å². The smallest absolute Gasteiger partial charge is 0.387 e. The number of benzene rings is 3. The molecule has 2 aliphatic rings. The molecule has 0 radical (unpaired) electrons. The Hall–Kier alpha value is -5.50. The van der Waals surface area contributed by atoms with Crippen LogP contribution < -0.4 is 15.4 Å². The highest BCUT2D eigenvalue weighted by Gasteiger charge is 2.25. The first-order chi connectivity index (χ1) is 26.2. The standard InChI is InChI=1S/C41H40F2N6O5/c1-23-29(30-7-4-9-32(24(30)2)47-38-37-26(11-14-45-38)16-25(19-46-37)20-49-15-12-28(50)21-49)6-3-8-31(23)39-48-34-17-27(22-52-40(51)33-10-5-13-44-33)35(54-41(42)43)18-36(34)53-39/h3-4,6-9,11,14,16-19,28,33,41,44,50H,5,10,12-13,15,20-22H2,1-2H3,(H,45,47)/t28?,33-/m1/s1. The Balaban J connectivity index is 1.06. The summed E-state index contributed by atoms with van der Waals surface area (Å²) < 4.78 is 43.2. The Kier molecular flexibility index (Phi) is 9.93. The minimum atomic E-state index is -3.08. The number of pyridine rings is 2. The van der Waals surface area contributed by atoms with Crippen molar-refractivity contribution in [1.29, 1.82) is 0 Å². The molecule has 2 saturated heterocycles. The molecule has 2 fully saturated rings. The lowest BCUT2D eigenvalue weighted by atomic mass is 9.93. The lowest BCUT2D eigenvalue weighted by molar-refractivity contribution is -0.147. The largest absolute Gasteiger partial charge is 0.460 e. The van der Waals surface area contributed by atoms with Crippen LogP contribution in [0.1, 0.15) is 41.5 Å². The molecule has 0 bridgehead atoms. The number of ether oxygens (including phenoxy) is 2. The van der Waals surface area contributed by atoms with E-state index >= 15 is 0 Å². The number of nitrogens with one attached hydrogen (secondary N) is 2. The Morgan fingerprint density at radius 2 is 1.87 bits per heavy atom. The van der Waals surface area contributed by atoms with E-state index in [-0.39, 0.29) is 29.6 Å². The molecule has 54 heavy (non-hydrogen) atoms. The zero-order valence-corrected chi connectivity index (χ0v) is 29.9. The Bertz CT molecular complexity index is 2340. The van der Waals surface area contributed by atoms with Crippen molar-refractivity contribution in [2.75, 3.05) is 25.0 Å². The minimum absolute atomic E-state index is 0.142. The molecular weight excluding hydrogens is 694 g/mol. The van der Waals surface area contributed by atoms with E-state index in [1.54, 1.807) is 12.3 Å². The third-order valence-electron chi connectivity index (χ3n) is 10.3. The molecule has 3 aromatic heterocycles. The molecule has 0 amide bonds. The number of carbonyl (C=O) groups excluding carboxylic acids is 1. The fourth-order valence-corrected chi connectivity index (χ4v) is 7.41. The Morgan fingerprint density at radius 3 is 2.65 bits per heavy atom. The number of nitrogens with zero attached hydrogens (tertiary/aromatic N) is 4. The van der Waals surface area contributed by atoms with E-state index in [0.29, 0.717) is 30.2 Å². The van der Waals surface area contributed by atoms with Crippen LogP contribution in [0, 0.1) is 13.8 Å². The number of carbonyl (C=O) groups is 1. The van der Waals surface area contributed by atoms with Gasteiger partial charge < -0.3 is 29.6 Å². The van der Waals surface area contributed by atoms with Gasteiger partial charge in [-0.15, -0.1) is 0 Å². The lowest BCUT2D eigenvalue weighted by Gasteiger charge is -2.17. The summed E-state index contributed by atoms with van der Waals surface area (Å²) in [5, 5.41) is 17.5. The van der Waals surface area contributed by atoms with E-state index in [2.05, 4.69) is 32.7 Å². The number of aliphatic hydroxyl groups is 1. The first-order valence-corrected chi connectivity index (χ1v) is 18.1. The van der Waals surface area contributed by atoms with Crippen molar-refractivity contribution >= 4 is 39.5 Å². The van der Waals surface area contributed by atoms with Crippen molar-refractivity contribution in [3.8, 4) is 28.3 Å². The molecule has 5 heterocycles. The minimum Gasteiger partial charge on any atom is -0.460 e. The molecule has 2 atom stereocenters. The van der Waals surface area contributed by atoms with Gasteiger partial charge in [0.1, 0.15) is 29.4 Å². The van der Waals surface area contributed by atoms with Crippen LogP contribution >= 0.6 is 0 Å². The number of fused-ring (bicyclic) bond motifs is 2. The first-order valence-electron chi connectivity index (χ1n) is 18.1. The van der Waals surface area contributed by atoms with Crippen molar-refractivity contribution in [2.45, 2.75) is 65.0 Å². The summed E-state index contributed by atoms with van der Waals surface area (Å²) in [6.45, 7) is 3.72.